The molecular weight excluding hydrogens is 438 g/mol. The Bertz CT molecular complexity index is 1120. The van der Waals surface area contributed by atoms with Crippen LogP contribution in [-0.2, 0) is 4.79 Å². The number of amides is 1. The first-order valence-electron chi connectivity index (χ1n) is 9.58. The third kappa shape index (κ3) is 3.94. The van der Waals surface area contributed by atoms with Crippen molar-refractivity contribution >= 4 is 48.1 Å². The first-order valence-corrected chi connectivity index (χ1v) is 10.8. The minimum atomic E-state index is -0.442. The monoisotopic (exact) mass is 461 g/mol. The van der Waals surface area contributed by atoms with Crippen molar-refractivity contribution in [3.63, 3.8) is 0 Å². The van der Waals surface area contributed by atoms with Gasteiger partial charge >= 0.3 is 0 Å². The molecule has 158 valence electrons. The molecule has 1 aromatic carbocycles. The number of carbonyl (C=O) groups is 1. The topological polar surface area (TPSA) is 67.5 Å². The first-order chi connectivity index (χ1) is 13.9. The van der Waals surface area contributed by atoms with Crippen LogP contribution in [0.2, 0.25) is 5.02 Å². The summed E-state index contributed by atoms with van der Waals surface area (Å²) in [5, 5.41) is 7.74. The molecule has 1 aliphatic heterocycles. The van der Waals surface area contributed by atoms with Crippen LogP contribution in [-0.4, -0.2) is 23.3 Å². The minimum Gasteiger partial charge on any atom is -0.358 e. The maximum atomic E-state index is 12.4. The van der Waals surface area contributed by atoms with Crippen LogP contribution in [0.15, 0.2) is 33.8 Å². The summed E-state index contributed by atoms with van der Waals surface area (Å²) in [6.07, 6.45) is 0.208. The number of fused-ring (bicyclic) bond motifs is 3. The summed E-state index contributed by atoms with van der Waals surface area (Å²) in [5.74, 6) is 0.593. The SMILES string of the molecule is CCNC(=O)C[C@@H]1N=C(c2ccc(Cl)cc2)c2c(sc(C)c2C)-c2c(C)noc21.S. The Hall–Kier alpha value is -2.09. The summed E-state index contributed by atoms with van der Waals surface area (Å²) < 4.78 is 5.72. The summed E-state index contributed by atoms with van der Waals surface area (Å²) >= 11 is 7.83. The number of benzene rings is 1. The molecule has 0 saturated heterocycles. The smallest absolute Gasteiger partial charge is 0.222 e. The van der Waals surface area contributed by atoms with Gasteiger partial charge in [-0.1, -0.05) is 28.9 Å². The summed E-state index contributed by atoms with van der Waals surface area (Å²) in [5.41, 5.74) is 5.87. The molecule has 0 unspecified atom stereocenters. The number of hydrogen-bond donors (Lipinski definition) is 1. The molecule has 0 spiro atoms. The third-order valence-corrected chi connectivity index (χ3v) is 6.67. The van der Waals surface area contributed by atoms with E-state index in [-0.39, 0.29) is 25.8 Å². The number of nitrogens with one attached hydrogen (secondary N) is 1. The second-order valence-electron chi connectivity index (χ2n) is 7.15. The predicted molar refractivity (Wildman–Crippen MR) is 128 cm³/mol. The van der Waals surface area contributed by atoms with Gasteiger partial charge in [-0.05, 0) is 45.4 Å². The molecule has 0 saturated carbocycles. The van der Waals surface area contributed by atoms with Crippen molar-refractivity contribution in [2.24, 2.45) is 4.99 Å². The lowest BCUT2D eigenvalue weighted by molar-refractivity contribution is -0.121. The van der Waals surface area contributed by atoms with Crippen molar-refractivity contribution < 1.29 is 9.32 Å². The van der Waals surface area contributed by atoms with Crippen LogP contribution >= 0.6 is 36.4 Å². The Balaban J connectivity index is 0.00000256. The molecule has 0 fully saturated rings. The number of thiophene rings is 1. The van der Waals surface area contributed by atoms with Gasteiger partial charge in [-0.25, -0.2) is 0 Å². The molecular formula is C22H24ClN3O2S2. The quantitative estimate of drug-likeness (QED) is 0.556. The van der Waals surface area contributed by atoms with Gasteiger partial charge in [-0.3, -0.25) is 9.79 Å². The lowest BCUT2D eigenvalue weighted by Gasteiger charge is -2.12. The average Bonchev–Trinajstić information content (AvgIpc) is 3.15. The molecule has 0 radical (unpaired) electrons. The van der Waals surface area contributed by atoms with Crippen LogP contribution in [0.5, 0.6) is 0 Å². The number of carbonyl (C=O) groups excluding carboxylic acids is 1. The summed E-state index contributed by atoms with van der Waals surface area (Å²) in [6.45, 7) is 8.65. The van der Waals surface area contributed by atoms with E-state index < -0.39 is 6.04 Å². The molecule has 1 amide bonds. The Labute approximate surface area is 192 Å². The highest BCUT2D eigenvalue weighted by Gasteiger charge is 2.34. The maximum absolute atomic E-state index is 12.4. The van der Waals surface area contributed by atoms with Gasteiger partial charge in [0.1, 0.15) is 6.04 Å². The molecule has 30 heavy (non-hydrogen) atoms. The molecule has 3 aromatic rings. The Morgan fingerprint density at radius 2 is 1.90 bits per heavy atom. The van der Waals surface area contributed by atoms with E-state index in [0.717, 1.165) is 33.0 Å². The van der Waals surface area contributed by atoms with E-state index in [1.807, 2.05) is 38.1 Å². The van der Waals surface area contributed by atoms with E-state index in [4.69, 9.17) is 21.1 Å². The van der Waals surface area contributed by atoms with Gasteiger partial charge in [0, 0.05) is 32.4 Å². The Morgan fingerprint density at radius 1 is 1.20 bits per heavy atom. The zero-order valence-electron chi connectivity index (χ0n) is 17.3. The Morgan fingerprint density at radius 3 is 2.57 bits per heavy atom. The van der Waals surface area contributed by atoms with E-state index in [2.05, 4.69) is 24.3 Å². The molecule has 1 aliphatic rings. The lowest BCUT2D eigenvalue weighted by Crippen LogP contribution is -2.24. The van der Waals surface area contributed by atoms with Crippen LogP contribution < -0.4 is 5.32 Å². The minimum absolute atomic E-state index is 0. The molecule has 8 heteroatoms. The maximum Gasteiger partial charge on any atom is 0.222 e. The fraction of sp³-hybridized carbons (Fsp3) is 0.318. The normalized spacial score (nSPS) is 14.8. The van der Waals surface area contributed by atoms with E-state index >= 15 is 0 Å². The molecule has 5 nitrogen and oxygen atoms in total. The molecule has 3 heterocycles. The van der Waals surface area contributed by atoms with Crippen molar-refractivity contribution in [3.8, 4) is 10.4 Å². The van der Waals surface area contributed by atoms with Crippen LogP contribution in [0.1, 0.15) is 52.4 Å². The van der Waals surface area contributed by atoms with Crippen molar-refractivity contribution in [2.75, 3.05) is 6.54 Å². The number of aromatic nitrogens is 1. The van der Waals surface area contributed by atoms with Gasteiger partial charge in [-0.2, -0.15) is 13.5 Å². The van der Waals surface area contributed by atoms with Crippen molar-refractivity contribution in [2.45, 2.75) is 40.2 Å². The predicted octanol–water partition coefficient (Wildman–Crippen LogP) is 5.51. The zero-order chi connectivity index (χ0) is 20.7. The van der Waals surface area contributed by atoms with E-state index in [1.165, 1.54) is 10.4 Å². The second kappa shape index (κ2) is 8.96. The van der Waals surface area contributed by atoms with Crippen molar-refractivity contribution in [3.05, 3.63) is 62.3 Å². The van der Waals surface area contributed by atoms with Crippen molar-refractivity contribution in [1.29, 1.82) is 0 Å². The molecule has 4 rings (SSSR count). The van der Waals surface area contributed by atoms with Crippen LogP contribution in [0.3, 0.4) is 0 Å². The second-order valence-corrected chi connectivity index (χ2v) is 8.81. The number of nitrogens with zero attached hydrogens (tertiary/aromatic N) is 2. The number of halogens is 1. The molecule has 0 bridgehead atoms. The first kappa shape index (κ1) is 22.6. The summed E-state index contributed by atoms with van der Waals surface area (Å²) in [4.78, 5) is 19.8. The fourth-order valence-electron chi connectivity index (χ4n) is 3.67. The highest BCUT2D eigenvalue weighted by atomic mass is 35.5. The van der Waals surface area contributed by atoms with Gasteiger partial charge in [0.2, 0.25) is 5.91 Å². The molecule has 1 N–H and O–H groups in total. The fourth-order valence-corrected chi connectivity index (χ4v) is 5.06. The van der Waals surface area contributed by atoms with E-state index in [9.17, 15) is 4.79 Å². The largest absolute Gasteiger partial charge is 0.358 e. The third-order valence-electron chi connectivity index (χ3n) is 5.20. The van der Waals surface area contributed by atoms with E-state index in [1.54, 1.807) is 11.3 Å². The lowest BCUT2D eigenvalue weighted by atomic mass is 9.96. The number of hydrogen-bond acceptors (Lipinski definition) is 5. The van der Waals surface area contributed by atoms with Gasteiger partial charge in [0.15, 0.2) is 5.76 Å². The zero-order valence-corrected chi connectivity index (χ0v) is 19.9. The standard InChI is InChI=1S/C22H22ClN3O2S.H2S/c1-5-24-17(27)10-16-21-19(12(3)26-28-21)22-18(11(2)13(4)29-22)20(25-16)14-6-8-15(23)9-7-14;/h6-9,16H,5,10H2,1-4H3,(H,24,27);1H2/t16-;/m0./s1. The summed E-state index contributed by atoms with van der Waals surface area (Å²) in [7, 11) is 0. The Kier molecular flexibility index (Phi) is 6.75. The van der Waals surface area contributed by atoms with Crippen LogP contribution in [0.25, 0.3) is 10.4 Å². The highest BCUT2D eigenvalue weighted by molar-refractivity contribution is 7.59. The average molecular weight is 462 g/mol. The number of aliphatic imine (C=N–C) groups is 1. The van der Waals surface area contributed by atoms with Gasteiger partial charge in [-0.15, -0.1) is 11.3 Å². The van der Waals surface area contributed by atoms with Gasteiger partial charge in [0.25, 0.3) is 0 Å². The van der Waals surface area contributed by atoms with Gasteiger partial charge < -0.3 is 9.84 Å². The van der Waals surface area contributed by atoms with Crippen LogP contribution in [0, 0.1) is 20.8 Å². The molecule has 2 aromatic heterocycles. The van der Waals surface area contributed by atoms with Crippen molar-refractivity contribution in [1.82, 2.24) is 10.5 Å². The van der Waals surface area contributed by atoms with Crippen LogP contribution in [0.4, 0.5) is 0 Å². The number of aryl methyl sites for hydroxylation is 2. The molecule has 0 aliphatic carbocycles. The molecule has 1 atom stereocenters. The summed E-state index contributed by atoms with van der Waals surface area (Å²) in [6, 6.07) is 7.23. The number of rotatable bonds is 4. The van der Waals surface area contributed by atoms with Gasteiger partial charge in [0.05, 0.1) is 23.4 Å². The highest BCUT2D eigenvalue weighted by Crippen LogP contribution is 2.46. The van der Waals surface area contributed by atoms with E-state index in [0.29, 0.717) is 17.3 Å².